The van der Waals surface area contributed by atoms with Crippen molar-refractivity contribution in [3.05, 3.63) is 29.3 Å². The Morgan fingerprint density at radius 3 is 2.64 bits per heavy atom. The minimum Gasteiger partial charge on any atom is -0.535 e. The Bertz CT molecular complexity index is 655. The highest BCUT2D eigenvalue weighted by Crippen LogP contribution is 2.38. The number of para-hydroxylation sites is 1. The van der Waals surface area contributed by atoms with E-state index in [1.807, 2.05) is 12.1 Å². The molecular formula is C19H26BNO4. The predicted molar refractivity (Wildman–Crippen MR) is 96.6 cm³/mol. The Balaban J connectivity index is 1.65. The first-order valence-corrected chi connectivity index (χ1v) is 9.20. The predicted octanol–water partition coefficient (Wildman–Crippen LogP) is 2.40. The lowest BCUT2D eigenvalue weighted by Crippen LogP contribution is -2.37. The van der Waals surface area contributed by atoms with Gasteiger partial charge in [0.1, 0.15) is 11.5 Å². The van der Waals surface area contributed by atoms with Crippen molar-refractivity contribution < 1.29 is 19.3 Å². The Hall–Kier alpha value is -1.66. The highest BCUT2D eigenvalue weighted by Gasteiger charge is 2.38. The average molecular weight is 343 g/mol. The molecule has 1 heterocycles. The van der Waals surface area contributed by atoms with Crippen LogP contribution in [0, 0.1) is 11.8 Å². The number of hydrogen-bond donors (Lipinski definition) is 2. The van der Waals surface area contributed by atoms with Crippen molar-refractivity contribution in [2.24, 2.45) is 17.6 Å². The second-order valence-corrected chi connectivity index (χ2v) is 7.45. The van der Waals surface area contributed by atoms with Gasteiger partial charge in [0.2, 0.25) is 0 Å². The van der Waals surface area contributed by atoms with E-state index in [0.717, 1.165) is 31.2 Å². The number of ketones is 2. The number of Topliss-reactive ketones (excluding diaryl/α,β-unsaturated/α-hetero) is 2. The molecule has 0 radical (unpaired) electrons. The Labute approximate surface area is 149 Å². The van der Waals surface area contributed by atoms with Crippen molar-refractivity contribution in [2.75, 3.05) is 6.54 Å². The third-order valence-electron chi connectivity index (χ3n) is 5.70. The SMILES string of the molecule is CC(=O)c1cccc2c1OB(O)[C@@H](CC(=O)C1CCC(CN)CC1)C2. The summed E-state index contributed by atoms with van der Waals surface area (Å²) in [5.41, 5.74) is 7.09. The van der Waals surface area contributed by atoms with Gasteiger partial charge in [-0.1, -0.05) is 12.1 Å². The van der Waals surface area contributed by atoms with E-state index in [2.05, 4.69) is 0 Å². The summed E-state index contributed by atoms with van der Waals surface area (Å²) in [6.07, 6.45) is 4.71. The van der Waals surface area contributed by atoms with Gasteiger partial charge in [0.15, 0.2) is 5.78 Å². The van der Waals surface area contributed by atoms with Crippen LogP contribution in [0.25, 0.3) is 0 Å². The van der Waals surface area contributed by atoms with Crippen molar-refractivity contribution in [3.8, 4) is 5.75 Å². The van der Waals surface area contributed by atoms with Crippen LogP contribution in [0.4, 0.5) is 0 Å². The highest BCUT2D eigenvalue weighted by molar-refractivity contribution is 6.47. The first-order valence-electron chi connectivity index (χ1n) is 9.20. The molecule has 134 valence electrons. The molecule has 2 aliphatic rings. The van der Waals surface area contributed by atoms with Gasteiger partial charge >= 0.3 is 7.12 Å². The molecule has 1 fully saturated rings. The van der Waals surface area contributed by atoms with E-state index >= 15 is 0 Å². The van der Waals surface area contributed by atoms with Crippen LogP contribution in [-0.2, 0) is 11.2 Å². The van der Waals surface area contributed by atoms with Gasteiger partial charge in [-0.3, -0.25) is 9.59 Å². The van der Waals surface area contributed by atoms with Gasteiger partial charge in [-0.25, -0.2) is 0 Å². The summed E-state index contributed by atoms with van der Waals surface area (Å²) >= 11 is 0. The van der Waals surface area contributed by atoms with Crippen LogP contribution in [0.15, 0.2) is 18.2 Å². The molecule has 3 N–H and O–H groups in total. The topological polar surface area (TPSA) is 89.6 Å². The maximum Gasteiger partial charge on any atom is 0.526 e. The molecule has 25 heavy (non-hydrogen) atoms. The lowest BCUT2D eigenvalue weighted by atomic mass is 9.63. The summed E-state index contributed by atoms with van der Waals surface area (Å²) in [6.45, 7) is 2.18. The first kappa shape index (κ1) is 18.1. The van der Waals surface area contributed by atoms with Crippen LogP contribution in [0.1, 0.15) is 54.9 Å². The summed E-state index contributed by atoms with van der Waals surface area (Å²) in [5, 5.41) is 10.3. The van der Waals surface area contributed by atoms with Gasteiger partial charge in [0.25, 0.3) is 0 Å². The molecule has 3 rings (SSSR count). The largest absolute Gasteiger partial charge is 0.535 e. The molecule has 1 aliphatic carbocycles. The monoisotopic (exact) mass is 343 g/mol. The summed E-state index contributed by atoms with van der Waals surface area (Å²) < 4.78 is 5.63. The molecule has 1 aromatic carbocycles. The molecule has 1 atom stereocenters. The second kappa shape index (κ2) is 7.71. The number of carbonyl (C=O) groups is 2. The Kier molecular flexibility index (Phi) is 5.59. The first-order chi connectivity index (χ1) is 12.0. The molecule has 0 amide bonds. The van der Waals surface area contributed by atoms with E-state index in [-0.39, 0.29) is 23.3 Å². The van der Waals surface area contributed by atoms with E-state index in [0.29, 0.717) is 36.6 Å². The van der Waals surface area contributed by atoms with E-state index in [1.165, 1.54) is 6.92 Å². The number of benzene rings is 1. The lowest BCUT2D eigenvalue weighted by Gasteiger charge is -2.31. The van der Waals surface area contributed by atoms with Crippen molar-refractivity contribution in [1.82, 2.24) is 0 Å². The maximum absolute atomic E-state index is 12.6. The van der Waals surface area contributed by atoms with Gasteiger partial charge in [0, 0.05) is 18.2 Å². The maximum atomic E-state index is 12.6. The molecule has 1 saturated carbocycles. The average Bonchev–Trinajstić information content (AvgIpc) is 2.61. The fourth-order valence-corrected chi connectivity index (χ4v) is 4.08. The van der Waals surface area contributed by atoms with Gasteiger partial charge < -0.3 is 15.4 Å². The van der Waals surface area contributed by atoms with Crippen LogP contribution in [0.3, 0.4) is 0 Å². The zero-order chi connectivity index (χ0) is 18.0. The van der Waals surface area contributed by atoms with Crippen LogP contribution in [-0.4, -0.2) is 30.3 Å². The Morgan fingerprint density at radius 2 is 2.00 bits per heavy atom. The summed E-state index contributed by atoms with van der Waals surface area (Å²) in [5.74, 6) is 0.970. The second-order valence-electron chi connectivity index (χ2n) is 7.45. The van der Waals surface area contributed by atoms with Crippen LogP contribution < -0.4 is 10.4 Å². The smallest absolute Gasteiger partial charge is 0.526 e. The van der Waals surface area contributed by atoms with Crippen LogP contribution in [0.5, 0.6) is 5.75 Å². The number of fused-ring (bicyclic) bond motifs is 1. The third-order valence-corrected chi connectivity index (χ3v) is 5.70. The highest BCUT2D eigenvalue weighted by atomic mass is 16.5. The van der Waals surface area contributed by atoms with Crippen molar-refractivity contribution >= 4 is 18.7 Å². The molecule has 6 heteroatoms. The molecule has 0 spiro atoms. The van der Waals surface area contributed by atoms with Crippen LogP contribution >= 0.6 is 0 Å². The molecule has 0 unspecified atom stereocenters. The minimum absolute atomic E-state index is 0.0833. The van der Waals surface area contributed by atoms with E-state index in [9.17, 15) is 14.6 Å². The molecule has 1 aromatic rings. The molecule has 0 saturated heterocycles. The normalized spacial score (nSPS) is 25.9. The van der Waals surface area contributed by atoms with E-state index in [4.69, 9.17) is 10.4 Å². The fourth-order valence-electron chi connectivity index (χ4n) is 4.08. The molecule has 0 aromatic heterocycles. The number of carbonyl (C=O) groups excluding carboxylic acids is 2. The molecule has 5 nitrogen and oxygen atoms in total. The molecule has 1 aliphatic heterocycles. The lowest BCUT2D eigenvalue weighted by molar-refractivity contribution is -0.124. The summed E-state index contributed by atoms with van der Waals surface area (Å²) in [6, 6.07) is 5.43. The van der Waals surface area contributed by atoms with Gasteiger partial charge in [-0.15, -0.1) is 0 Å². The number of hydrogen-bond acceptors (Lipinski definition) is 5. The van der Waals surface area contributed by atoms with Crippen LogP contribution in [0.2, 0.25) is 5.82 Å². The van der Waals surface area contributed by atoms with Crippen molar-refractivity contribution in [3.63, 3.8) is 0 Å². The van der Waals surface area contributed by atoms with Crippen molar-refractivity contribution in [2.45, 2.75) is 51.3 Å². The fraction of sp³-hybridized carbons (Fsp3) is 0.579. The van der Waals surface area contributed by atoms with Gasteiger partial charge in [-0.2, -0.15) is 0 Å². The third kappa shape index (κ3) is 3.96. The zero-order valence-corrected chi connectivity index (χ0v) is 14.7. The Morgan fingerprint density at radius 1 is 1.28 bits per heavy atom. The quantitative estimate of drug-likeness (QED) is 0.633. The van der Waals surface area contributed by atoms with Gasteiger partial charge in [-0.05, 0) is 63.1 Å². The molecule has 0 bridgehead atoms. The van der Waals surface area contributed by atoms with Gasteiger partial charge in [0.05, 0.1) is 5.56 Å². The van der Waals surface area contributed by atoms with E-state index in [1.54, 1.807) is 6.07 Å². The van der Waals surface area contributed by atoms with E-state index < -0.39 is 7.12 Å². The number of nitrogens with two attached hydrogens (primary N) is 1. The molecular weight excluding hydrogens is 317 g/mol. The standard InChI is InChI=1S/C19H26BNO4/c1-12(22)17-4-2-3-15-9-16(20(24)25-19(15)17)10-18(23)14-7-5-13(11-21)6-8-14/h2-4,13-14,16,24H,5-11,21H2,1H3/t13?,14?,16-/m1/s1. The minimum atomic E-state index is -1.04. The number of rotatable bonds is 5. The van der Waals surface area contributed by atoms with Crippen molar-refractivity contribution in [1.29, 1.82) is 0 Å². The summed E-state index contributed by atoms with van der Waals surface area (Å²) in [4.78, 5) is 24.4. The zero-order valence-electron chi connectivity index (χ0n) is 14.7. The summed E-state index contributed by atoms with van der Waals surface area (Å²) in [7, 11) is -1.04.